The van der Waals surface area contributed by atoms with E-state index in [9.17, 15) is 4.79 Å². The SMILES string of the molecule is CCc1cccc2sc(N(CCCn3ccnc3)C(=O)/C=C/c3cc(OC)c(OC)c(OC)c3)nc12.Cl. The van der Waals surface area contributed by atoms with Gasteiger partial charge in [-0.3, -0.25) is 9.69 Å². The maximum absolute atomic E-state index is 13.5. The van der Waals surface area contributed by atoms with E-state index in [-0.39, 0.29) is 18.3 Å². The lowest BCUT2D eigenvalue weighted by atomic mass is 10.1. The highest BCUT2D eigenvalue weighted by Gasteiger charge is 2.19. The van der Waals surface area contributed by atoms with E-state index in [1.807, 2.05) is 16.8 Å². The summed E-state index contributed by atoms with van der Waals surface area (Å²) in [6.45, 7) is 3.39. The molecule has 0 spiro atoms. The lowest BCUT2D eigenvalue weighted by Gasteiger charge is -2.18. The molecule has 37 heavy (non-hydrogen) atoms. The second-order valence-electron chi connectivity index (χ2n) is 8.05. The largest absolute Gasteiger partial charge is 0.493 e. The molecule has 4 rings (SSSR count). The van der Waals surface area contributed by atoms with Gasteiger partial charge in [0.15, 0.2) is 16.6 Å². The van der Waals surface area contributed by atoms with E-state index in [0.29, 0.717) is 28.9 Å². The average molecular weight is 543 g/mol. The Hall–Kier alpha value is -3.56. The molecule has 1 amide bonds. The molecule has 0 unspecified atom stereocenters. The topological polar surface area (TPSA) is 78.7 Å². The summed E-state index contributed by atoms with van der Waals surface area (Å²) < 4.78 is 19.3. The van der Waals surface area contributed by atoms with E-state index in [2.05, 4.69) is 24.0 Å². The van der Waals surface area contributed by atoms with Crippen LogP contribution in [0.15, 0.2) is 55.1 Å². The van der Waals surface area contributed by atoms with Crippen LogP contribution in [-0.2, 0) is 17.8 Å². The van der Waals surface area contributed by atoms with E-state index < -0.39 is 0 Å². The number of carbonyl (C=O) groups is 1. The molecule has 0 fully saturated rings. The monoisotopic (exact) mass is 542 g/mol. The van der Waals surface area contributed by atoms with Crippen molar-refractivity contribution in [2.75, 3.05) is 32.8 Å². The number of hydrogen-bond donors (Lipinski definition) is 0. The van der Waals surface area contributed by atoms with Gasteiger partial charge >= 0.3 is 0 Å². The number of imidazole rings is 1. The number of amides is 1. The van der Waals surface area contributed by atoms with Crippen molar-refractivity contribution in [2.24, 2.45) is 0 Å². The van der Waals surface area contributed by atoms with Crippen LogP contribution < -0.4 is 19.1 Å². The zero-order valence-electron chi connectivity index (χ0n) is 21.3. The van der Waals surface area contributed by atoms with Crippen molar-refractivity contribution >= 4 is 51.1 Å². The predicted molar refractivity (Wildman–Crippen MR) is 151 cm³/mol. The van der Waals surface area contributed by atoms with Crippen molar-refractivity contribution < 1.29 is 19.0 Å². The molecule has 8 nitrogen and oxygen atoms in total. The summed E-state index contributed by atoms with van der Waals surface area (Å²) in [7, 11) is 4.69. The summed E-state index contributed by atoms with van der Waals surface area (Å²) >= 11 is 1.53. The zero-order chi connectivity index (χ0) is 25.5. The van der Waals surface area contributed by atoms with Gasteiger partial charge in [0.1, 0.15) is 0 Å². The van der Waals surface area contributed by atoms with E-state index in [1.54, 1.807) is 63.0 Å². The first-order chi connectivity index (χ1) is 17.6. The Balaban J connectivity index is 0.00000380. The highest BCUT2D eigenvalue weighted by atomic mass is 35.5. The second kappa shape index (κ2) is 13.1. The first-order valence-electron chi connectivity index (χ1n) is 11.7. The third-order valence-electron chi connectivity index (χ3n) is 5.83. The molecular formula is C27H31ClN4O4S. The molecule has 0 aliphatic heterocycles. The Morgan fingerprint density at radius 3 is 2.51 bits per heavy atom. The van der Waals surface area contributed by atoms with E-state index in [0.717, 1.165) is 35.2 Å². The molecule has 0 atom stereocenters. The highest BCUT2D eigenvalue weighted by Crippen LogP contribution is 2.38. The van der Waals surface area contributed by atoms with Gasteiger partial charge in [0.05, 0.1) is 37.9 Å². The number of benzene rings is 2. The fourth-order valence-electron chi connectivity index (χ4n) is 3.98. The third-order valence-corrected chi connectivity index (χ3v) is 6.88. The number of aromatic nitrogens is 3. The Morgan fingerprint density at radius 2 is 1.89 bits per heavy atom. The molecule has 0 saturated heterocycles. The van der Waals surface area contributed by atoms with Gasteiger partial charge in [-0.05, 0) is 48.2 Å². The molecule has 0 N–H and O–H groups in total. The number of anilines is 1. The van der Waals surface area contributed by atoms with Gasteiger partial charge in [0.25, 0.3) is 5.91 Å². The van der Waals surface area contributed by atoms with Crippen LogP contribution in [0, 0.1) is 0 Å². The lowest BCUT2D eigenvalue weighted by Crippen LogP contribution is -2.30. The Kier molecular flexibility index (Phi) is 9.93. The lowest BCUT2D eigenvalue weighted by molar-refractivity contribution is -0.114. The van der Waals surface area contributed by atoms with Crippen LogP contribution in [0.25, 0.3) is 16.3 Å². The van der Waals surface area contributed by atoms with Crippen LogP contribution in [0.4, 0.5) is 5.13 Å². The van der Waals surface area contributed by atoms with Crippen LogP contribution in [0.1, 0.15) is 24.5 Å². The molecule has 196 valence electrons. The number of ether oxygens (including phenoxy) is 3. The minimum Gasteiger partial charge on any atom is -0.493 e. The summed E-state index contributed by atoms with van der Waals surface area (Å²) in [6, 6.07) is 9.79. The van der Waals surface area contributed by atoms with Gasteiger partial charge < -0.3 is 18.8 Å². The number of nitrogens with zero attached hydrogens (tertiary/aromatic N) is 4. The molecule has 0 saturated carbocycles. The fourth-order valence-corrected chi connectivity index (χ4v) is 5.03. The van der Waals surface area contributed by atoms with E-state index in [1.165, 1.54) is 16.9 Å². The van der Waals surface area contributed by atoms with Gasteiger partial charge in [0.2, 0.25) is 5.75 Å². The van der Waals surface area contributed by atoms with Crippen molar-refractivity contribution in [2.45, 2.75) is 26.3 Å². The minimum atomic E-state index is -0.147. The van der Waals surface area contributed by atoms with Gasteiger partial charge in [-0.15, -0.1) is 12.4 Å². The van der Waals surface area contributed by atoms with Crippen LogP contribution in [0.5, 0.6) is 17.2 Å². The molecular weight excluding hydrogens is 512 g/mol. The maximum atomic E-state index is 13.5. The van der Waals surface area contributed by atoms with Crippen molar-refractivity contribution in [3.8, 4) is 17.2 Å². The summed E-state index contributed by atoms with van der Waals surface area (Å²) in [4.78, 5) is 24.2. The standard InChI is InChI=1S/C27H30N4O4S.ClH/c1-5-20-8-6-9-23-25(20)29-27(36-23)31(14-7-13-30-15-12-28-18-30)24(32)11-10-19-16-21(33-2)26(35-4)22(17-19)34-3;/h6,8-12,15-18H,5,7,13-14H2,1-4H3;1H/b11-10+;. The Morgan fingerprint density at radius 1 is 1.14 bits per heavy atom. The number of hydrogen-bond acceptors (Lipinski definition) is 7. The normalized spacial score (nSPS) is 10.9. The first kappa shape index (κ1) is 28.0. The van der Waals surface area contributed by atoms with Crippen molar-refractivity contribution in [3.05, 3.63) is 66.3 Å². The van der Waals surface area contributed by atoms with Crippen LogP contribution in [0.3, 0.4) is 0 Å². The number of fused-ring (bicyclic) bond motifs is 1. The van der Waals surface area contributed by atoms with Crippen molar-refractivity contribution in [3.63, 3.8) is 0 Å². The summed E-state index contributed by atoms with van der Waals surface area (Å²) in [5.74, 6) is 1.41. The minimum absolute atomic E-state index is 0. The Bertz CT molecular complexity index is 1330. The molecule has 0 radical (unpaired) electrons. The number of methoxy groups -OCH3 is 3. The molecule has 2 aromatic heterocycles. The number of para-hydroxylation sites is 1. The van der Waals surface area contributed by atoms with Gasteiger partial charge in [-0.25, -0.2) is 9.97 Å². The molecule has 0 aliphatic rings. The number of thiazole rings is 1. The highest BCUT2D eigenvalue weighted by molar-refractivity contribution is 7.22. The van der Waals surface area contributed by atoms with Crippen molar-refractivity contribution in [1.82, 2.24) is 14.5 Å². The third kappa shape index (κ3) is 6.42. The molecule has 0 bridgehead atoms. The summed E-state index contributed by atoms with van der Waals surface area (Å²) in [6.07, 6.45) is 10.4. The van der Waals surface area contributed by atoms with Crippen LogP contribution >= 0.6 is 23.7 Å². The molecule has 2 heterocycles. The fraction of sp³-hybridized carbons (Fsp3) is 0.296. The number of halogens is 1. The predicted octanol–water partition coefficient (Wildman–Crippen LogP) is 5.64. The van der Waals surface area contributed by atoms with Gasteiger partial charge in [-0.2, -0.15) is 0 Å². The van der Waals surface area contributed by atoms with E-state index in [4.69, 9.17) is 19.2 Å². The summed E-state index contributed by atoms with van der Waals surface area (Å²) in [5.41, 5.74) is 2.89. The second-order valence-corrected chi connectivity index (χ2v) is 9.06. The van der Waals surface area contributed by atoms with E-state index >= 15 is 0 Å². The first-order valence-corrected chi connectivity index (χ1v) is 12.5. The molecule has 0 aliphatic carbocycles. The average Bonchev–Trinajstić information content (AvgIpc) is 3.58. The van der Waals surface area contributed by atoms with Crippen molar-refractivity contribution in [1.29, 1.82) is 0 Å². The van der Waals surface area contributed by atoms with Gasteiger partial charge in [0, 0.05) is 31.6 Å². The summed E-state index contributed by atoms with van der Waals surface area (Å²) in [5, 5.41) is 0.691. The Labute approximate surface area is 226 Å². The molecule has 4 aromatic rings. The quantitative estimate of drug-likeness (QED) is 0.228. The van der Waals surface area contributed by atoms with Crippen LogP contribution in [-0.4, -0.2) is 48.3 Å². The van der Waals surface area contributed by atoms with Crippen LogP contribution in [0.2, 0.25) is 0 Å². The number of carbonyl (C=O) groups excluding carboxylic acids is 1. The number of aryl methyl sites for hydroxylation is 2. The molecule has 10 heteroatoms. The van der Waals surface area contributed by atoms with Gasteiger partial charge in [-0.1, -0.05) is 30.4 Å². The number of rotatable bonds is 11. The molecule has 2 aromatic carbocycles. The zero-order valence-corrected chi connectivity index (χ0v) is 23.0. The smallest absolute Gasteiger partial charge is 0.252 e. The maximum Gasteiger partial charge on any atom is 0.252 e.